The number of imidazole rings is 1. The van der Waals surface area contributed by atoms with Gasteiger partial charge in [0, 0.05) is 18.1 Å². The lowest BCUT2D eigenvalue weighted by Crippen LogP contribution is -1.94. The third-order valence-electron chi connectivity index (χ3n) is 1.99. The molecule has 2 rings (SSSR count). The Labute approximate surface area is 103 Å². The van der Waals surface area contributed by atoms with Gasteiger partial charge < -0.3 is 4.40 Å². The molecular formula is C9H5BrIN3. The van der Waals surface area contributed by atoms with Crippen molar-refractivity contribution in [3.05, 3.63) is 31.7 Å². The van der Waals surface area contributed by atoms with E-state index in [2.05, 4.69) is 49.6 Å². The summed E-state index contributed by atoms with van der Waals surface area (Å²) in [6.45, 7) is 1.98. The highest BCUT2D eigenvalue weighted by Crippen LogP contribution is 2.25. The Morgan fingerprint density at radius 2 is 2.36 bits per heavy atom. The van der Waals surface area contributed by atoms with Crippen LogP contribution in [-0.2, 0) is 0 Å². The van der Waals surface area contributed by atoms with Crippen molar-refractivity contribution < 1.29 is 0 Å². The van der Waals surface area contributed by atoms with Gasteiger partial charge in [-0.3, -0.25) is 0 Å². The number of hydrogen-bond acceptors (Lipinski definition) is 2. The number of pyridine rings is 1. The largest absolute Gasteiger partial charge is 0.302 e. The van der Waals surface area contributed by atoms with Gasteiger partial charge in [-0.1, -0.05) is 0 Å². The summed E-state index contributed by atoms with van der Waals surface area (Å²) < 4.78 is 3.65. The number of nitrogens with zero attached hydrogens (tertiary/aromatic N) is 3. The van der Waals surface area contributed by atoms with Gasteiger partial charge in [-0.2, -0.15) is 5.26 Å². The maximum Gasteiger partial charge on any atom is 0.151 e. The number of aryl methyl sites for hydroxylation is 1. The van der Waals surface area contributed by atoms with E-state index in [1.54, 1.807) is 6.20 Å². The summed E-state index contributed by atoms with van der Waals surface area (Å²) in [7, 11) is 0. The summed E-state index contributed by atoms with van der Waals surface area (Å²) in [6.07, 6.45) is 3.67. The third-order valence-corrected chi connectivity index (χ3v) is 3.61. The molecule has 0 atom stereocenters. The van der Waals surface area contributed by atoms with Gasteiger partial charge in [-0.25, -0.2) is 4.98 Å². The topological polar surface area (TPSA) is 41.1 Å². The lowest BCUT2D eigenvalue weighted by atomic mass is 10.3. The third kappa shape index (κ3) is 1.33. The fraction of sp³-hybridized carbons (Fsp3) is 0.111. The standard InChI is InChI=1S/C9H5BrIN3/c1-5-3-13-9-8(11)6(2-12)7(10)4-14(5)9/h3-4H,1H3. The molecule has 2 heterocycles. The molecule has 3 nitrogen and oxygen atoms in total. The molecule has 0 saturated carbocycles. The second-order valence-corrected chi connectivity index (χ2v) is 4.80. The first kappa shape index (κ1) is 9.93. The average molecular weight is 362 g/mol. The summed E-state index contributed by atoms with van der Waals surface area (Å²) in [5.74, 6) is 0. The van der Waals surface area contributed by atoms with E-state index in [-0.39, 0.29) is 0 Å². The normalized spacial score (nSPS) is 10.4. The minimum Gasteiger partial charge on any atom is -0.302 e. The molecule has 0 bridgehead atoms. The lowest BCUT2D eigenvalue weighted by molar-refractivity contribution is 1.09. The molecule has 2 aromatic rings. The van der Waals surface area contributed by atoms with Crippen LogP contribution in [0.15, 0.2) is 16.9 Å². The van der Waals surface area contributed by atoms with E-state index in [4.69, 9.17) is 5.26 Å². The minimum atomic E-state index is 0.642. The first-order valence-corrected chi connectivity index (χ1v) is 5.74. The zero-order valence-electron chi connectivity index (χ0n) is 7.25. The van der Waals surface area contributed by atoms with E-state index >= 15 is 0 Å². The molecular weight excluding hydrogens is 357 g/mol. The maximum atomic E-state index is 8.94. The summed E-state index contributed by atoms with van der Waals surface area (Å²) >= 11 is 5.51. The Morgan fingerprint density at radius 3 is 3.00 bits per heavy atom. The zero-order valence-corrected chi connectivity index (χ0v) is 11.0. The van der Waals surface area contributed by atoms with Crippen molar-refractivity contribution in [3.8, 4) is 6.07 Å². The van der Waals surface area contributed by atoms with Crippen LogP contribution >= 0.6 is 38.5 Å². The van der Waals surface area contributed by atoms with Crippen LogP contribution in [0.3, 0.4) is 0 Å². The van der Waals surface area contributed by atoms with Gasteiger partial charge in [0.15, 0.2) is 5.65 Å². The zero-order chi connectivity index (χ0) is 10.3. The maximum absolute atomic E-state index is 8.94. The van der Waals surface area contributed by atoms with Crippen molar-refractivity contribution in [2.24, 2.45) is 0 Å². The second-order valence-electron chi connectivity index (χ2n) is 2.87. The summed E-state index contributed by atoms with van der Waals surface area (Å²) in [5.41, 5.74) is 2.54. The fourth-order valence-corrected chi connectivity index (χ4v) is 2.94. The van der Waals surface area contributed by atoms with Crippen molar-refractivity contribution in [2.75, 3.05) is 0 Å². The van der Waals surface area contributed by atoms with Crippen LogP contribution in [0, 0.1) is 21.8 Å². The molecule has 0 fully saturated rings. The Kier molecular flexibility index (Phi) is 2.49. The molecule has 14 heavy (non-hydrogen) atoms. The van der Waals surface area contributed by atoms with Gasteiger partial charge in [-0.15, -0.1) is 0 Å². The number of nitriles is 1. The Hall–Kier alpha value is -0.610. The van der Waals surface area contributed by atoms with Crippen LogP contribution in [0.5, 0.6) is 0 Å². The van der Waals surface area contributed by atoms with Gasteiger partial charge in [0.25, 0.3) is 0 Å². The molecule has 0 unspecified atom stereocenters. The lowest BCUT2D eigenvalue weighted by Gasteiger charge is -2.03. The van der Waals surface area contributed by atoms with E-state index in [9.17, 15) is 0 Å². The van der Waals surface area contributed by atoms with E-state index < -0.39 is 0 Å². The molecule has 0 aliphatic heterocycles. The molecule has 2 aromatic heterocycles. The van der Waals surface area contributed by atoms with Crippen molar-refractivity contribution in [2.45, 2.75) is 6.92 Å². The van der Waals surface area contributed by atoms with E-state index in [1.165, 1.54) is 0 Å². The van der Waals surface area contributed by atoms with Crippen LogP contribution in [0.1, 0.15) is 11.3 Å². The Morgan fingerprint density at radius 1 is 1.64 bits per heavy atom. The number of fused-ring (bicyclic) bond motifs is 1. The molecule has 0 saturated heterocycles. The molecule has 0 spiro atoms. The first-order valence-electron chi connectivity index (χ1n) is 3.87. The Bertz CT molecular complexity index is 553. The number of rotatable bonds is 0. The molecule has 0 amide bonds. The van der Waals surface area contributed by atoms with Gasteiger partial charge in [0.1, 0.15) is 6.07 Å². The molecule has 0 aliphatic carbocycles. The van der Waals surface area contributed by atoms with E-state index in [0.717, 1.165) is 19.4 Å². The highest BCUT2D eigenvalue weighted by molar-refractivity contribution is 14.1. The van der Waals surface area contributed by atoms with E-state index in [1.807, 2.05) is 17.5 Å². The van der Waals surface area contributed by atoms with Crippen molar-refractivity contribution in [1.82, 2.24) is 9.38 Å². The number of halogens is 2. The summed E-state index contributed by atoms with van der Waals surface area (Å²) in [4.78, 5) is 4.25. The van der Waals surface area contributed by atoms with E-state index in [0.29, 0.717) is 5.56 Å². The molecule has 5 heteroatoms. The van der Waals surface area contributed by atoms with Gasteiger partial charge in [-0.05, 0) is 45.4 Å². The molecule has 0 N–H and O–H groups in total. The molecule has 70 valence electrons. The average Bonchev–Trinajstić information content (AvgIpc) is 2.49. The van der Waals surface area contributed by atoms with Crippen molar-refractivity contribution in [1.29, 1.82) is 5.26 Å². The van der Waals surface area contributed by atoms with Crippen LogP contribution in [0.4, 0.5) is 0 Å². The Balaban J connectivity index is 2.96. The second kappa shape index (κ2) is 3.51. The van der Waals surface area contributed by atoms with Gasteiger partial charge >= 0.3 is 0 Å². The molecule has 0 aliphatic rings. The number of hydrogen-bond donors (Lipinski definition) is 0. The highest BCUT2D eigenvalue weighted by Gasteiger charge is 2.11. The van der Waals surface area contributed by atoms with Crippen LogP contribution in [0.2, 0.25) is 0 Å². The predicted octanol–water partition coefficient (Wildman–Crippen LogP) is 2.88. The van der Waals surface area contributed by atoms with Crippen molar-refractivity contribution >= 4 is 44.2 Å². The predicted molar refractivity (Wildman–Crippen MR) is 65.1 cm³/mol. The highest BCUT2D eigenvalue weighted by atomic mass is 127. The SMILES string of the molecule is Cc1cnc2c(I)c(C#N)c(Br)cn12. The van der Waals surface area contributed by atoms with Crippen molar-refractivity contribution in [3.63, 3.8) is 0 Å². The molecule has 0 radical (unpaired) electrons. The first-order chi connectivity index (χ1) is 6.65. The quantitative estimate of drug-likeness (QED) is 0.677. The smallest absolute Gasteiger partial charge is 0.151 e. The summed E-state index contributed by atoms with van der Waals surface area (Å²) in [6, 6.07) is 2.16. The van der Waals surface area contributed by atoms with Gasteiger partial charge in [0.2, 0.25) is 0 Å². The van der Waals surface area contributed by atoms with Crippen LogP contribution < -0.4 is 0 Å². The van der Waals surface area contributed by atoms with Crippen LogP contribution in [-0.4, -0.2) is 9.38 Å². The molecule has 0 aromatic carbocycles. The summed E-state index contributed by atoms with van der Waals surface area (Å²) in [5, 5.41) is 8.94. The fourth-order valence-electron chi connectivity index (χ4n) is 1.27. The van der Waals surface area contributed by atoms with Crippen LogP contribution in [0.25, 0.3) is 5.65 Å². The monoisotopic (exact) mass is 361 g/mol. The van der Waals surface area contributed by atoms with Gasteiger partial charge in [0.05, 0.1) is 13.6 Å². The number of aromatic nitrogens is 2. The minimum absolute atomic E-state index is 0.642.